The van der Waals surface area contributed by atoms with Crippen molar-refractivity contribution in [1.29, 1.82) is 0 Å². The second-order valence-corrected chi connectivity index (χ2v) is 9.63. The first kappa shape index (κ1) is 21.2. The minimum atomic E-state index is -3.74. The zero-order chi connectivity index (χ0) is 22.2. The van der Waals surface area contributed by atoms with Gasteiger partial charge in [0.25, 0.3) is 15.9 Å². The Bertz CT molecular complexity index is 1180. The number of hydrogen-bond acceptors (Lipinski definition) is 5. The van der Waals surface area contributed by atoms with Gasteiger partial charge in [0.2, 0.25) is 0 Å². The number of pyridine rings is 1. The third-order valence-electron chi connectivity index (χ3n) is 5.94. The van der Waals surface area contributed by atoms with Crippen LogP contribution in [0.4, 0.5) is 0 Å². The predicted molar refractivity (Wildman–Crippen MR) is 121 cm³/mol. The molecule has 8 heteroatoms. The third-order valence-corrected chi connectivity index (χ3v) is 7.41. The largest absolute Gasteiger partial charge is 0.356 e. The molecule has 0 radical (unpaired) electrons. The Kier molecular flexibility index (Phi) is 5.66. The Morgan fingerprint density at radius 3 is 2.45 bits per heavy atom. The number of amides is 1. The van der Waals surface area contributed by atoms with Gasteiger partial charge in [0.15, 0.2) is 0 Å². The quantitative estimate of drug-likeness (QED) is 0.795. The number of sulfonamides is 1. The lowest BCUT2D eigenvalue weighted by Crippen LogP contribution is -2.46. The van der Waals surface area contributed by atoms with Gasteiger partial charge in [-0.15, -0.1) is 4.40 Å². The monoisotopic (exact) mass is 438 g/mol. The number of piperidine rings is 1. The van der Waals surface area contributed by atoms with E-state index < -0.39 is 10.0 Å². The maximum atomic E-state index is 12.9. The Labute approximate surface area is 183 Å². The summed E-state index contributed by atoms with van der Waals surface area (Å²) < 4.78 is 29.8. The molecule has 0 spiro atoms. The van der Waals surface area contributed by atoms with Crippen LogP contribution in [0, 0.1) is 13.8 Å². The second-order valence-electron chi connectivity index (χ2n) is 8.09. The Hall–Kier alpha value is -3.00. The first-order chi connectivity index (χ1) is 14.8. The van der Waals surface area contributed by atoms with Crippen molar-refractivity contribution in [3.8, 4) is 0 Å². The summed E-state index contributed by atoms with van der Waals surface area (Å²) in [5, 5.41) is 3.02. The lowest BCUT2D eigenvalue weighted by atomic mass is 10.0. The second kappa shape index (κ2) is 8.26. The van der Waals surface area contributed by atoms with Crippen LogP contribution in [0.1, 0.15) is 46.9 Å². The van der Waals surface area contributed by atoms with E-state index in [1.807, 2.05) is 43.9 Å². The molecule has 2 aliphatic rings. The highest BCUT2D eigenvalue weighted by molar-refractivity contribution is 8.00. The van der Waals surface area contributed by atoms with E-state index in [1.54, 1.807) is 24.4 Å². The summed E-state index contributed by atoms with van der Waals surface area (Å²) in [7, 11) is -3.74. The first-order valence-electron chi connectivity index (χ1n) is 10.4. The molecule has 2 aliphatic heterocycles. The zero-order valence-electron chi connectivity index (χ0n) is 17.9. The van der Waals surface area contributed by atoms with E-state index in [-0.39, 0.29) is 16.9 Å². The lowest BCUT2D eigenvalue weighted by molar-refractivity contribution is 0.0917. The van der Waals surface area contributed by atoms with Crippen LogP contribution >= 0.6 is 0 Å². The Morgan fingerprint density at radius 2 is 1.81 bits per heavy atom. The number of carbonyl (C=O) groups excluding carboxylic acids is 1. The average molecular weight is 439 g/mol. The molecule has 162 valence electrons. The van der Waals surface area contributed by atoms with Crippen LogP contribution < -0.4 is 5.32 Å². The fourth-order valence-electron chi connectivity index (χ4n) is 4.06. The fraction of sp³-hybridized carbons (Fsp3) is 0.348. The maximum absolute atomic E-state index is 12.9. The summed E-state index contributed by atoms with van der Waals surface area (Å²) in [6.07, 6.45) is 3.02. The molecule has 0 aliphatic carbocycles. The molecule has 1 aromatic carbocycles. The van der Waals surface area contributed by atoms with E-state index in [1.165, 1.54) is 0 Å². The van der Waals surface area contributed by atoms with Gasteiger partial charge in [-0.05, 0) is 62.4 Å². The molecule has 0 bridgehead atoms. The van der Waals surface area contributed by atoms with Gasteiger partial charge in [-0.1, -0.05) is 24.3 Å². The highest BCUT2D eigenvalue weighted by Crippen LogP contribution is 2.35. The van der Waals surface area contributed by atoms with Gasteiger partial charge in [-0.3, -0.25) is 9.78 Å². The Morgan fingerprint density at radius 1 is 1.06 bits per heavy atom. The van der Waals surface area contributed by atoms with Crippen LogP contribution in [-0.4, -0.2) is 49.2 Å². The van der Waals surface area contributed by atoms with Crippen LogP contribution in [0.25, 0.3) is 4.91 Å². The van der Waals surface area contributed by atoms with Crippen molar-refractivity contribution in [2.75, 3.05) is 13.1 Å². The highest BCUT2D eigenvalue weighted by atomic mass is 32.2. The number of likely N-dealkylation sites (tertiary alicyclic amines) is 1. The molecule has 0 saturated carbocycles. The smallest absolute Gasteiger partial charge is 0.285 e. The number of nitrogens with one attached hydrogen (secondary N) is 1. The van der Waals surface area contributed by atoms with Crippen molar-refractivity contribution >= 4 is 26.7 Å². The average Bonchev–Trinajstić information content (AvgIpc) is 3.00. The maximum Gasteiger partial charge on any atom is 0.285 e. The molecule has 31 heavy (non-hydrogen) atoms. The third kappa shape index (κ3) is 4.25. The predicted octanol–water partition coefficient (Wildman–Crippen LogP) is 3.07. The number of hydrogen-bond donors (Lipinski definition) is 1. The number of aromatic nitrogens is 1. The van der Waals surface area contributed by atoms with Crippen molar-refractivity contribution in [2.45, 2.75) is 39.7 Å². The summed E-state index contributed by atoms with van der Waals surface area (Å²) in [4.78, 5) is 18.7. The number of amidine groups is 1. The fourth-order valence-corrected chi connectivity index (χ4v) is 5.53. The molecule has 1 N–H and O–H groups in total. The van der Waals surface area contributed by atoms with E-state index in [4.69, 9.17) is 0 Å². The SMILES string of the molecule is CC1=C(c2ccc(C)c(C)c2)S(=O)(=O)N=C1N1CCC(NC(=O)c2ccccn2)CC1. The summed E-state index contributed by atoms with van der Waals surface area (Å²) in [5.41, 5.74) is 3.92. The van der Waals surface area contributed by atoms with Gasteiger partial charge in [0, 0.05) is 30.9 Å². The van der Waals surface area contributed by atoms with E-state index >= 15 is 0 Å². The Balaban J connectivity index is 1.47. The van der Waals surface area contributed by atoms with Gasteiger partial charge >= 0.3 is 0 Å². The number of aryl methyl sites for hydroxylation is 2. The van der Waals surface area contributed by atoms with E-state index in [2.05, 4.69) is 14.7 Å². The number of rotatable bonds is 3. The van der Waals surface area contributed by atoms with E-state index in [0.29, 0.717) is 48.6 Å². The number of nitrogens with zero attached hydrogens (tertiary/aromatic N) is 3. The molecule has 4 rings (SSSR count). The van der Waals surface area contributed by atoms with Crippen molar-refractivity contribution < 1.29 is 13.2 Å². The molecule has 1 saturated heterocycles. The van der Waals surface area contributed by atoms with Crippen LogP contribution in [0.3, 0.4) is 0 Å². The first-order valence-corrected chi connectivity index (χ1v) is 11.8. The molecule has 7 nitrogen and oxygen atoms in total. The summed E-state index contributed by atoms with van der Waals surface area (Å²) >= 11 is 0. The van der Waals surface area contributed by atoms with Crippen LogP contribution in [0.2, 0.25) is 0 Å². The summed E-state index contributed by atoms with van der Waals surface area (Å²) in [6, 6.07) is 11.0. The minimum Gasteiger partial charge on any atom is -0.356 e. The van der Waals surface area contributed by atoms with Crippen LogP contribution in [-0.2, 0) is 10.0 Å². The molecule has 0 atom stereocenters. The van der Waals surface area contributed by atoms with E-state index in [0.717, 1.165) is 11.1 Å². The van der Waals surface area contributed by atoms with Crippen molar-refractivity contribution in [3.05, 3.63) is 70.6 Å². The normalized spacial score (nSPS) is 18.8. The van der Waals surface area contributed by atoms with Gasteiger partial charge in [-0.2, -0.15) is 8.42 Å². The molecule has 2 aromatic rings. The van der Waals surface area contributed by atoms with Crippen LogP contribution in [0.5, 0.6) is 0 Å². The minimum absolute atomic E-state index is 0.0212. The molecule has 0 unspecified atom stereocenters. The highest BCUT2D eigenvalue weighted by Gasteiger charge is 2.35. The standard InChI is InChI=1S/C23H26N4O3S/c1-15-7-8-18(14-16(15)2)21-17(3)22(26-31(21,29)30)27-12-9-19(10-13-27)25-23(28)20-6-4-5-11-24-20/h4-8,11,14,19H,9-10,12-13H2,1-3H3,(H,25,28). The summed E-state index contributed by atoms with van der Waals surface area (Å²) in [5.74, 6) is 0.329. The summed E-state index contributed by atoms with van der Waals surface area (Å²) in [6.45, 7) is 7.05. The topological polar surface area (TPSA) is 91.7 Å². The van der Waals surface area contributed by atoms with E-state index in [9.17, 15) is 13.2 Å². The van der Waals surface area contributed by atoms with Crippen molar-refractivity contribution in [3.63, 3.8) is 0 Å². The molecule has 1 aromatic heterocycles. The molecule has 1 amide bonds. The van der Waals surface area contributed by atoms with Gasteiger partial charge in [-0.25, -0.2) is 0 Å². The molecular formula is C23H26N4O3S. The molecular weight excluding hydrogens is 412 g/mol. The van der Waals surface area contributed by atoms with Gasteiger partial charge in [0.1, 0.15) is 16.4 Å². The van der Waals surface area contributed by atoms with Crippen molar-refractivity contribution in [2.24, 2.45) is 4.40 Å². The molecule has 3 heterocycles. The van der Waals surface area contributed by atoms with Crippen LogP contribution in [0.15, 0.2) is 52.6 Å². The van der Waals surface area contributed by atoms with Gasteiger partial charge < -0.3 is 10.2 Å². The van der Waals surface area contributed by atoms with Gasteiger partial charge in [0.05, 0.1) is 0 Å². The number of carbonyl (C=O) groups is 1. The lowest BCUT2D eigenvalue weighted by Gasteiger charge is -2.33. The molecule has 1 fully saturated rings. The van der Waals surface area contributed by atoms with Crippen molar-refractivity contribution in [1.82, 2.24) is 15.2 Å². The zero-order valence-corrected chi connectivity index (χ0v) is 18.7. The number of benzene rings is 1.